The maximum Gasteiger partial charge on any atom is 0.253 e. The SMILES string of the molecule is Cc1cnc(N2CCN(C(=O)c3ccc([C@@H]4C(=O)NCC4C)cc3)CC2)c(C2CC2)c1.Cl. The lowest BCUT2D eigenvalue weighted by molar-refractivity contribution is -0.120. The largest absolute Gasteiger partial charge is 0.355 e. The van der Waals surface area contributed by atoms with Gasteiger partial charge in [-0.25, -0.2) is 4.98 Å². The number of benzene rings is 1. The Labute approximate surface area is 195 Å². The van der Waals surface area contributed by atoms with E-state index in [4.69, 9.17) is 4.98 Å². The first kappa shape index (κ1) is 22.6. The highest BCUT2D eigenvalue weighted by molar-refractivity contribution is 5.94. The van der Waals surface area contributed by atoms with Crippen LogP contribution in [0.3, 0.4) is 0 Å². The number of hydrogen-bond acceptors (Lipinski definition) is 4. The molecule has 1 aromatic carbocycles. The molecule has 2 aromatic rings. The molecule has 7 heteroatoms. The molecule has 2 amide bonds. The first-order valence-corrected chi connectivity index (χ1v) is 11.4. The topological polar surface area (TPSA) is 65.5 Å². The van der Waals surface area contributed by atoms with E-state index in [1.54, 1.807) is 0 Å². The fourth-order valence-electron chi connectivity index (χ4n) is 4.91. The number of pyridine rings is 1. The average molecular weight is 455 g/mol. The second-order valence-corrected chi connectivity index (χ2v) is 9.30. The van der Waals surface area contributed by atoms with Gasteiger partial charge in [0.25, 0.3) is 5.91 Å². The summed E-state index contributed by atoms with van der Waals surface area (Å²) in [7, 11) is 0. The summed E-state index contributed by atoms with van der Waals surface area (Å²) in [5.41, 5.74) is 4.27. The van der Waals surface area contributed by atoms with E-state index in [2.05, 4.69) is 30.1 Å². The Kier molecular flexibility index (Phi) is 6.42. The van der Waals surface area contributed by atoms with E-state index in [0.29, 0.717) is 31.1 Å². The number of carbonyl (C=O) groups excluding carboxylic acids is 2. The van der Waals surface area contributed by atoms with Gasteiger partial charge in [0.2, 0.25) is 5.91 Å². The second kappa shape index (κ2) is 9.10. The first-order chi connectivity index (χ1) is 15.0. The summed E-state index contributed by atoms with van der Waals surface area (Å²) in [5, 5.41) is 2.92. The van der Waals surface area contributed by atoms with Crippen molar-refractivity contribution < 1.29 is 9.59 Å². The number of aryl methyl sites for hydroxylation is 1. The van der Waals surface area contributed by atoms with Crippen LogP contribution in [0.5, 0.6) is 0 Å². The summed E-state index contributed by atoms with van der Waals surface area (Å²) in [6, 6.07) is 9.90. The lowest BCUT2D eigenvalue weighted by Gasteiger charge is -2.36. The number of halogens is 1. The smallest absolute Gasteiger partial charge is 0.253 e. The maximum absolute atomic E-state index is 13.0. The molecule has 2 aliphatic heterocycles. The number of amides is 2. The van der Waals surface area contributed by atoms with Crippen molar-refractivity contribution in [3.8, 4) is 0 Å². The highest BCUT2D eigenvalue weighted by atomic mass is 35.5. The third-order valence-electron chi connectivity index (χ3n) is 6.88. The predicted molar refractivity (Wildman–Crippen MR) is 128 cm³/mol. The highest BCUT2D eigenvalue weighted by Gasteiger charge is 2.33. The van der Waals surface area contributed by atoms with E-state index in [1.807, 2.05) is 35.4 Å². The van der Waals surface area contributed by atoms with Gasteiger partial charge in [0.15, 0.2) is 0 Å². The van der Waals surface area contributed by atoms with Crippen LogP contribution in [0.2, 0.25) is 0 Å². The van der Waals surface area contributed by atoms with E-state index in [9.17, 15) is 9.59 Å². The fraction of sp³-hybridized carbons (Fsp3) is 0.480. The molecule has 170 valence electrons. The molecule has 0 spiro atoms. The third-order valence-corrected chi connectivity index (χ3v) is 6.88. The summed E-state index contributed by atoms with van der Waals surface area (Å²) in [4.78, 5) is 34.1. The van der Waals surface area contributed by atoms with Crippen molar-refractivity contribution >= 4 is 30.0 Å². The summed E-state index contributed by atoms with van der Waals surface area (Å²) in [6.07, 6.45) is 4.47. The van der Waals surface area contributed by atoms with Crippen LogP contribution < -0.4 is 10.2 Å². The Bertz CT molecular complexity index is 998. The van der Waals surface area contributed by atoms with E-state index >= 15 is 0 Å². The van der Waals surface area contributed by atoms with E-state index < -0.39 is 0 Å². The van der Waals surface area contributed by atoms with Crippen LogP contribution >= 0.6 is 12.4 Å². The van der Waals surface area contributed by atoms with Gasteiger partial charge in [-0.05, 0) is 60.4 Å². The van der Waals surface area contributed by atoms with Gasteiger partial charge < -0.3 is 15.1 Å². The van der Waals surface area contributed by atoms with Crippen molar-refractivity contribution in [2.45, 2.75) is 38.5 Å². The Balaban J connectivity index is 0.00000245. The number of anilines is 1. The minimum Gasteiger partial charge on any atom is -0.355 e. The molecule has 2 saturated heterocycles. The maximum atomic E-state index is 13.0. The molecule has 1 aliphatic carbocycles. The van der Waals surface area contributed by atoms with E-state index in [-0.39, 0.29) is 36.1 Å². The van der Waals surface area contributed by atoms with E-state index in [1.165, 1.54) is 24.0 Å². The standard InChI is InChI=1S/C25H30N4O2.ClH/c1-16-13-21(18-3-4-18)23(26-14-16)28-9-11-29(12-10-28)25(31)20-7-5-19(6-8-20)22-17(2)15-27-24(22)30;/h5-8,13-14,17-18,22H,3-4,9-12,15H2,1-2H3,(H,27,30);1H/t17?,22-;/m1./s1. The van der Waals surface area contributed by atoms with Crippen molar-refractivity contribution in [1.29, 1.82) is 0 Å². The van der Waals surface area contributed by atoms with Crippen LogP contribution in [-0.4, -0.2) is 54.4 Å². The molecule has 0 bridgehead atoms. The average Bonchev–Trinajstić information content (AvgIpc) is 3.58. The van der Waals surface area contributed by atoms with Crippen LogP contribution in [0.1, 0.15) is 58.6 Å². The van der Waals surface area contributed by atoms with Gasteiger partial charge in [-0.3, -0.25) is 9.59 Å². The summed E-state index contributed by atoms with van der Waals surface area (Å²) in [5.74, 6) is 2.07. The van der Waals surface area contributed by atoms with Crippen LogP contribution in [0.15, 0.2) is 36.5 Å². The Morgan fingerprint density at radius 1 is 1.09 bits per heavy atom. The fourth-order valence-corrected chi connectivity index (χ4v) is 4.91. The molecule has 1 N–H and O–H groups in total. The number of nitrogens with zero attached hydrogens (tertiary/aromatic N) is 3. The monoisotopic (exact) mass is 454 g/mol. The van der Waals surface area contributed by atoms with Crippen molar-refractivity contribution in [2.75, 3.05) is 37.6 Å². The van der Waals surface area contributed by atoms with Crippen LogP contribution in [0, 0.1) is 12.8 Å². The van der Waals surface area contributed by atoms with Gasteiger partial charge in [-0.2, -0.15) is 0 Å². The highest BCUT2D eigenvalue weighted by Crippen LogP contribution is 2.44. The molecule has 1 saturated carbocycles. The zero-order valence-corrected chi connectivity index (χ0v) is 19.5. The molecule has 1 unspecified atom stereocenters. The number of piperazine rings is 1. The van der Waals surface area contributed by atoms with Crippen molar-refractivity contribution in [1.82, 2.24) is 15.2 Å². The van der Waals surface area contributed by atoms with Gasteiger partial charge in [0.1, 0.15) is 5.82 Å². The normalized spacial score (nSPS) is 23.0. The van der Waals surface area contributed by atoms with Gasteiger partial charge in [0, 0.05) is 44.5 Å². The van der Waals surface area contributed by atoms with Crippen LogP contribution in [-0.2, 0) is 4.79 Å². The molecule has 3 aliphatic rings. The first-order valence-electron chi connectivity index (χ1n) is 11.4. The lowest BCUT2D eigenvalue weighted by atomic mass is 9.89. The minimum absolute atomic E-state index is 0. The van der Waals surface area contributed by atoms with E-state index in [0.717, 1.165) is 24.5 Å². The Morgan fingerprint density at radius 3 is 2.38 bits per heavy atom. The summed E-state index contributed by atoms with van der Waals surface area (Å²) in [6.45, 7) is 7.90. The van der Waals surface area contributed by atoms with Gasteiger partial charge in [-0.15, -0.1) is 12.4 Å². The Morgan fingerprint density at radius 2 is 1.78 bits per heavy atom. The summed E-state index contributed by atoms with van der Waals surface area (Å²) < 4.78 is 0. The van der Waals surface area contributed by atoms with Crippen molar-refractivity contribution in [3.05, 3.63) is 58.8 Å². The number of nitrogens with one attached hydrogen (secondary N) is 1. The van der Waals surface area contributed by atoms with Crippen molar-refractivity contribution in [2.24, 2.45) is 5.92 Å². The molecule has 2 atom stereocenters. The van der Waals surface area contributed by atoms with Crippen LogP contribution in [0.25, 0.3) is 0 Å². The minimum atomic E-state index is -0.115. The number of rotatable bonds is 4. The molecule has 6 nitrogen and oxygen atoms in total. The quantitative estimate of drug-likeness (QED) is 0.767. The molecule has 5 rings (SSSR count). The number of carbonyl (C=O) groups is 2. The predicted octanol–water partition coefficient (Wildman–Crippen LogP) is 3.50. The van der Waals surface area contributed by atoms with Gasteiger partial charge in [0.05, 0.1) is 5.92 Å². The number of hydrogen-bond donors (Lipinski definition) is 1. The zero-order chi connectivity index (χ0) is 21.5. The molecule has 3 heterocycles. The molecule has 32 heavy (non-hydrogen) atoms. The molecular formula is C25H31ClN4O2. The lowest BCUT2D eigenvalue weighted by Crippen LogP contribution is -2.49. The zero-order valence-electron chi connectivity index (χ0n) is 18.7. The Hall–Kier alpha value is -2.60. The number of aromatic nitrogens is 1. The third kappa shape index (κ3) is 4.33. The molecule has 1 aromatic heterocycles. The molecule has 3 fully saturated rings. The molecule has 0 radical (unpaired) electrons. The summed E-state index contributed by atoms with van der Waals surface area (Å²) >= 11 is 0. The molecular weight excluding hydrogens is 424 g/mol. The van der Waals surface area contributed by atoms with Gasteiger partial charge >= 0.3 is 0 Å². The second-order valence-electron chi connectivity index (χ2n) is 9.30. The van der Waals surface area contributed by atoms with Gasteiger partial charge in [-0.1, -0.05) is 25.1 Å². The van der Waals surface area contributed by atoms with Crippen molar-refractivity contribution in [3.63, 3.8) is 0 Å². The van der Waals surface area contributed by atoms with Crippen LogP contribution in [0.4, 0.5) is 5.82 Å².